The van der Waals surface area contributed by atoms with Crippen LogP contribution in [-0.2, 0) is 6.54 Å². The second kappa shape index (κ2) is 5.57. The molecule has 0 unspecified atom stereocenters. The molecule has 0 radical (unpaired) electrons. The van der Waals surface area contributed by atoms with Crippen LogP contribution in [-0.4, -0.2) is 17.2 Å². The molecule has 0 amide bonds. The van der Waals surface area contributed by atoms with Gasteiger partial charge in [-0.15, -0.1) is 5.10 Å². The van der Waals surface area contributed by atoms with E-state index in [1.165, 1.54) is 0 Å². The third kappa shape index (κ3) is 2.54. The van der Waals surface area contributed by atoms with Gasteiger partial charge in [0, 0.05) is 19.3 Å². The van der Waals surface area contributed by atoms with Crippen LogP contribution in [0.25, 0.3) is 0 Å². The van der Waals surface area contributed by atoms with E-state index in [2.05, 4.69) is 16.3 Å². The van der Waals surface area contributed by atoms with Gasteiger partial charge in [-0.3, -0.25) is 0 Å². The molecule has 2 N–H and O–H groups in total. The van der Waals surface area contributed by atoms with Crippen molar-refractivity contribution in [2.75, 3.05) is 17.7 Å². The predicted molar refractivity (Wildman–Crippen MR) is 79.2 cm³/mol. The quantitative estimate of drug-likeness (QED) is 0.862. The molecule has 0 aliphatic rings. The molecule has 2 aromatic rings. The van der Waals surface area contributed by atoms with Gasteiger partial charge < -0.3 is 10.6 Å². The molecule has 20 heavy (non-hydrogen) atoms. The number of para-hydroxylation sites is 1. The topological polar surface area (TPSA) is 78.8 Å². The maximum absolute atomic E-state index is 9.32. The third-order valence-electron chi connectivity index (χ3n) is 3.37. The molecule has 1 heterocycles. The van der Waals surface area contributed by atoms with Crippen LogP contribution in [0.3, 0.4) is 0 Å². The molecule has 0 fully saturated rings. The number of hydrogen-bond acceptors (Lipinski definition) is 5. The number of aromatic nitrogens is 2. The smallest absolute Gasteiger partial charge is 0.169 e. The summed E-state index contributed by atoms with van der Waals surface area (Å²) in [7, 11) is 1.88. The summed E-state index contributed by atoms with van der Waals surface area (Å²) in [5.41, 5.74) is 9.88. The van der Waals surface area contributed by atoms with E-state index in [9.17, 15) is 5.26 Å². The Morgan fingerprint density at radius 3 is 2.60 bits per heavy atom. The minimum absolute atomic E-state index is 0.564. The van der Waals surface area contributed by atoms with Crippen molar-refractivity contribution in [3.8, 4) is 6.07 Å². The van der Waals surface area contributed by atoms with Crippen LogP contribution in [0.4, 0.5) is 11.5 Å². The Morgan fingerprint density at radius 1 is 1.25 bits per heavy atom. The zero-order valence-electron chi connectivity index (χ0n) is 11.9. The van der Waals surface area contributed by atoms with Gasteiger partial charge in [0.25, 0.3) is 0 Å². The van der Waals surface area contributed by atoms with Gasteiger partial charge in [0.1, 0.15) is 11.6 Å². The summed E-state index contributed by atoms with van der Waals surface area (Å²) in [4.78, 5) is 1.89. The number of benzene rings is 1. The summed E-state index contributed by atoms with van der Waals surface area (Å²) >= 11 is 0. The van der Waals surface area contributed by atoms with E-state index in [-0.39, 0.29) is 0 Å². The van der Waals surface area contributed by atoms with Crippen LogP contribution < -0.4 is 10.6 Å². The van der Waals surface area contributed by atoms with Crippen LogP contribution >= 0.6 is 0 Å². The number of nitrogens with two attached hydrogens (primary N) is 1. The number of anilines is 2. The van der Waals surface area contributed by atoms with E-state index in [1.54, 1.807) is 0 Å². The zero-order chi connectivity index (χ0) is 14.7. The van der Waals surface area contributed by atoms with Crippen molar-refractivity contribution in [1.29, 1.82) is 5.26 Å². The fourth-order valence-corrected chi connectivity index (χ4v) is 2.01. The SMILES string of the molecule is Cc1nnc(N(C)Cc2ccccc2N)c(C#N)c1C. The van der Waals surface area contributed by atoms with Gasteiger partial charge in [-0.2, -0.15) is 10.4 Å². The van der Waals surface area contributed by atoms with Gasteiger partial charge in [-0.05, 0) is 31.0 Å². The summed E-state index contributed by atoms with van der Waals surface area (Å²) in [6.45, 7) is 4.32. The normalized spacial score (nSPS) is 10.1. The molecule has 2 rings (SSSR count). The van der Waals surface area contributed by atoms with Crippen molar-refractivity contribution in [2.45, 2.75) is 20.4 Å². The van der Waals surface area contributed by atoms with E-state index < -0.39 is 0 Å². The highest BCUT2D eigenvalue weighted by molar-refractivity contribution is 5.58. The number of aryl methyl sites for hydroxylation is 1. The van der Waals surface area contributed by atoms with E-state index in [0.29, 0.717) is 17.9 Å². The summed E-state index contributed by atoms with van der Waals surface area (Å²) in [6, 6.07) is 9.88. The molecular weight excluding hydrogens is 250 g/mol. The van der Waals surface area contributed by atoms with Crippen molar-refractivity contribution < 1.29 is 0 Å². The lowest BCUT2D eigenvalue weighted by Crippen LogP contribution is -2.21. The van der Waals surface area contributed by atoms with Crippen molar-refractivity contribution in [2.24, 2.45) is 0 Å². The van der Waals surface area contributed by atoms with Gasteiger partial charge in [-0.1, -0.05) is 18.2 Å². The molecule has 5 heteroatoms. The molecule has 0 saturated heterocycles. The summed E-state index contributed by atoms with van der Waals surface area (Å²) in [5.74, 6) is 0.582. The lowest BCUT2D eigenvalue weighted by Gasteiger charge is -2.20. The second-order valence-electron chi connectivity index (χ2n) is 4.78. The average Bonchev–Trinajstić information content (AvgIpc) is 2.44. The van der Waals surface area contributed by atoms with E-state index in [4.69, 9.17) is 5.73 Å². The Balaban J connectivity index is 2.36. The second-order valence-corrected chi connectivity index (χ2v) is 4.78. The molecule has 0 aliphatic carbocycles. The van der Waals surface area contributed by atoms with Crippen LogP contribution in [0.15, 0.2) is 24.3 Å². The Morgan fingerprint density at radius 2 is 1.95 bits per heavy atom. The number of nitriles is 1. The summed E-state index contributed by atoms with van der Waals surface area (Å²) in [6.07, 6.45) is 0. The molecule has 102 valence electrons. The first-order chi connectivity index (χ1) is 9.54. The number of rotatable bonds is 3. The summed E-state index contributed by atoms with van der Waals surface area (Å²) in [5, 5.41) is 17.6. The maximum Gasteiger partial charge on any atom is 0.169 e. The molecule has 0 saturated carbocycles. The Kier molecular flexibility index (Phi) is 3.85. The average molecular weight is 267 g/mol. The Hall–Kier alpha value is -2.61. The van der Waals surface area contributed by atoms with Crippen LogP contribution in [0.5, 0.6) is 0 Å². The lowest BCUT2D eigenvalue weighted by atomic mass is 10.1. The summed E-state index contributed by atoms with van der Waals surface area (Å²) < 4.78 is 0. The highest BCUT2D eigenvalue weighted by atomic mass is 15.2. The molecule has 0 aliphatic heterocycles. The standard InChI is InChI=1S/C15H17N5/c1-10-11(2)18-19-15(13(10)8-16)20(3)9-12-6-4-5-7-14(12)17/h4-7H,9,17H2,1-3H3. The minimum Gasteiger partial charge on any atom is -0.398 e. The molecule has 5 nitrogen and oxygen atoms in total. The fourth-order valence-electron chi connectivity index (χ4n) is 2.01. The molecule has 1 aromatic heterocycles. The van der Waals surface area contributed by atoms with Gasteiger partial charge in [-0.25, -0.2) is 0 Å². The molecule has 0 spiro atoms. The zero-order valence-corrected chi connectivity index (χ0v) is 11.9. The van der Waals surface area contributed by atoms with Crippen molar-refractivity contribution in [3.63, 3.8) is 0 Å². The highest BCUT2D eigenvalue weighted by Gasteiger charge is 2.15. The Labute approximate surface area is 118 Å². The molecule has 0 bridgehead atoms. The van der Waals surface area contributed by atoms with Gasteiger partial charge in [0.15, 0.2) is 5.82 Å². The monoisotopic (exact) mass is 267 g/mol. The predicted octanol–water partition coefficient (Wildman–Crippen LogP) is 2.18. The number of hydrogen-bond donors (Lipinski definition) is 1. The number of nitrogen functional groups attached to an aromatic ring is 1. The first-order valence-electron chi connectivity index (χ1n) is 6.33. The van der Waals surface area contributed by atoms with Crippen molar-refractivity contribution in [1.82, 2.24) is 10.2 Å². The highest BCUT2D eigenvalue weighted by Crippen LogP contribution is 2.22. The van der Waals surface area contributed by atoms with Gasteiger partial charge in [0.2, 0.25) is 0 Å². The fraction of sp³-hybridized carbons (Fsp3) is 0.267. The molecule has 0 atom stereocenters. The van der Waals surface area contributed by atoms with Crippen LogP contribution in [0.2, 0.25) is 0 Å². The third-order valence-corrected chi connectivity index (χ3v) is 3.37. The van der Waals surface area contributed by atoms with Crippen LogP contribution in [0, 0.1) is 25.2 Å². The maximum atomic E-state index is 9.32. The van der Waals surface area contributed by atoms with Gasteiger partial charge >= 0.3 is 0 Å². The Bertz CT molecular complexity index is 672. The van der Waals surface area contributed by atoms with Crippen molar-refractivity contribution >= 4 is 11.5 Å². The first kappa shape index (κ1) is 13.8. The lowest BCUT2D eigenvalue weighted by molar-refractivity contribution is 0.847. The van der Waals surface area contributed by atoms with E-state index in [1.807, 2.05) is 50.1 Å². The van der Waals surface area contributed by atoms with Gasteiger partial charge in [0.05, 0.1) is 5.69 Å². The van der Waals surface area contributed by atoms with Crippen LogP contribution in [0.1, 0.15) is 22.4 Å². The molecular formula is C15H17N5. The largest absolute Gasteiger partial charge is 0.398 e. The van der Waals surface area contributed by atoms with E-state index >= 15 is 0 Å². The minimum atomic E-state index is 0.564. The molecule has 1 aromatic carbocycles. The first-order valence-corrected chi connectivity index (χ1v) is 6.33. The van der Waals surface area contributed by atoms with E-state index in [0.717, 1.165) is 22.5 Å². The van der Waals surface area contributed by atoms with Crippen molar-refractivity contribution in [3.05, 3.63) is 46.6 Å². The number of nitrogens with zero attached hydrogens (tertiary/aromatic N) is 4.